The Hall–Kier alpha value is -1.39. The van der Waals surface area contributed by atoms with Gasteiger partial charge in [-0.25, -0.2) is 5.43 Å². The van der Waals surface area contributed by atoms with Crippen molar-refractivity contribution in [2.24, 2.45) is 16.9 Å². The molecule has 0 aromatic carbocycles. The smallest absolute Gasteiger partial charge is 0.252 e. The first-order valence-electron chi connectivity index (χ1n) is 7.33. The number of hydrogen-bond acceptors (Lipinski definition) is 3. The van der Waals surface area contributed by atoms with Gasteiger partial charge in [0.25, 0.3) is 5.91 Å². The summed E-state index contributed by atoms with van der Waals surface area (Å²) in [5, 5.41) is 6.91. The zero-order valence-electron chi connectivity index (χ0n) is 11.6. The van der Waals surface area contributed by atoms with E-state index in [4.69, 9.17) is 0 Å². The fraction of sp³-hybridized carbons (Fsp3) is 0.786. The monoisotopic (exact) mass is 265 g/mol. The molecule has 0 aromatic heterocycles. The largest absolute Gasteiger partial charge is 0.355 e. The fourth-order valence-electron chi connectivity index (χ4n) is 2.77. The van der Waals surface area contributed by atoms with Crippen molar-refractivity contribution in [3.8, 4) is 0 Å². The molecule has 1 saturated heterocycles. The highest BCUT2D eigenvalue weighted by molar-refractivity contribution is 6.01. The van der Waals surface area contributed by atoms with Gasteiger partial charge in [-0.2, -0.15) is 5.10 Å². The molecule has 0 spiro atoms. The van der Waals surface area contributed by atoms with Crippen LogP contribution in [-0.2, 0) is 9.59 Å². The maximum Gasteiger partial charge on any atom is 0.252 e. The van der Waals surface area contributed by atoms with Gasteiger partial charge < -0.3 is 5.32 Å². The van der Waals surface area contributed by atoms with Crippen LogP contribution in [0.15, 0.2) is 5.10 Å². The molecule has 1 atom stereocenters. The van der Waals surface area contributed by atoms with E-state index in [-0.39, 0.29) is 11.8 Å². The highest BCUT2D eigenvalue weighted by Gasteiger charge is 2.29. The third-order valence-electron chi connectivity index (χ3n) is 4.19. The second kappa shape index (κ2) is 6.68. The number of amides is 2. The second-order valence-corrected chi connectivity index (χ2v) is 5.49. The van der Waals surface area contributed by atoms with Crippen LogP contribution in [0.4, 0.5) is 0 Å². The van der Waals surface area contributed by atoms with E-state index < -0.39 is 5.92 Å². The van der Waals surface area contributed by atoms with Crippen molar-refractivity contribution in [1.82, 2.24) is 10.7 Å². The predicted molar refractivity (Wildman–Crippen MR) is 73.6 cm³/mol. The zero-order valence-corrected chi connectivity index (χ0v) is 11.6. The van der Waals surface area contributed by atoms with E-state index in [0.29, 0.717) is 13.0 Å². The molecule has 2 amide bonds. The molecule has 0 radical (unpaired) electrons. The van der Waals surface area contributed by atoms with Gasteiger partial charge in [0.1, 0.15) is 5.92 Å². The third kappa shape index (κ3) is 3.78. The number of nitrogens with one attached hydrogen (secondary N) is 2. The molecule has 106 valence electrons. The van der Waals surface area contributed by atoms with Crippen molar-refractivity contribution in [3.05, 3.63) is 0 Å². The molecule has 19 heavy (non-hydrogen) atoms. The molecule has 5 heteroatoms. The Morgan fingerprint density at radius 3 is 2.74 bits per heavy atom. The van der Waals surface area contributed by atoms with Gasteiger partial charge in [-0.3, -0.25) is 9.59 Å². The molecular formula is C14H23N3O2. The van der Waals surface area contributed by atoms with Crippen molar-refractivity contribution < 1.29 is 9.59 Å². The Balaban J connectivity index is 1.81. The number of piperidine rings is 1. The van der Waals surface area contributed by atoms with Gasteiger partial charge >= 0.3 is 0 Å². The van der Waals surface area contributed by atoms with E-state index in [9.17, 15) is 9.59 Å². The topological polar surface area (TPSA) is 70.6 Å². The first kappa shape index (κ1) is 14.0. The van der Waals surface area contributed by atoms with Crippen LogP contribution in [0.1, 0.15) is 51.9 Å². The maximum absolute atomic E-state index is 11.9. The SMILES string of the molecule is CCC1CCC(=NNC(=O)C2CCCNC2=O)CC1. The molecule has 2 fully saturated rings. The lowest BCUT2D eigenvalue weighted by Gasteiger charge is -2.22. The number of carbonyl (C=O) groups excluding carboxylic acids is 2. The van der Waals surface area contributed by atoms with E-state index >= 15 is 0 Å². The van der Waals surface area contributed by atoms with Gasteiger partial charge in [0.2, 0.25) is 5.91 Å². The van der Waals surface area contributed by atoms with E-state index in [2.05, 4.69) is 22.8 Å². The second-order valence-electron chi connectivity index (χ2n) is 5.49. The lowest BCUT2D eigenvalue weighted by atomic mass is 9.86. The van der Waals surface area contributed by atoms with Crippen molar-refractivity contribution in [2.45, 2.75) is 51.9 Å². The Morgan fingerprint density at radius 1 is 1.37 bits per heavy atom. The lowest BCUT2D eigenvalue weighted by molar-refractivity contribution is -0.136. The molecule has 5 nitrogen and oxygen atoms in total. The first-order chi connectivity index (χ1) is 9.20. The Kier molecular flexibility index (Phi) is 4.93. The van der Waals surface area contributed by atoms with Crippen molar-refractivity contribution >= 4 is 17.5 Å². The summed E-state index contributed by atoms with van der Waals surface area (Å²) in [7, 11) is 0. The lowest BCUT2D eigenvalue weighted by Crippen LogP contribution is -2.44. The molecule has 1 aliphatic heterocycles. The minimum atomic E-state index is -0.565. The van der Waals surface area contributed by atoms with Crippen LogP contribution >= 0.6 is 0 Å². The summed E-state index contributed by atoms with van der Waals surface area (Å²) >= 11 is 0. The summed E-state index contributed by atoms with van der Waals surface area (Å²) in [6.45, 7) is 2.89. The van der Waals surface area contributed by atoms with Gasteiger partial charge in [-0.05, 0) is 44.4 Å². The van der Waals surface area contributed by atoms with Crippen LogP contribution in [0.2, 0.25) is 0 Å². The van der Waals surface area contributed by atoms with Crippen LogP contribution in [0, 0.1) is 11.8 Å². The van der Waals surface area contributed by atoms with Crippen molar-refractivity contribution in [1.29, 1.82) is 0 Å². The third-order valence-corrected chi connectivity index (χ3v) is 4.19. The molecular weight excluding hydrogens is 242 g/mol. The Labute approximate surface area is 114 Å². The number of nitrogens with zero attached hydrogens (tertiary/aromatic N) is 1. The van der Waals surface area contributed by atoms with E-state index in [1.54, 1.807) is 0 Å². The quantitative estimate of drug-likeness (QED) is 0.601. The summed E-state index contributed by atoms with van der Waals surface area (Å²) in [4.78, 5) is 23.4. The van der Waals surface area contributed by atoms with Gasteiger partial charge in [-0.1, -0.05) is 13.3 Å². The fourth-order valence-corrected chi connectivity index (χ4v) is 2.77. The van der Waals surface area contributed by atoms with Crippen LogP contribution in [0.3, 0.4) is 0 Å². The zero-order chi connectivity index (χ0) is 13.7. The van der Waals surface area contributed by atoms with Gasteiger partial charge in [0, 0.05) is 12.3 Å². The predicted octanol–water partition coefficient (Wildman–Crippen LogP) is 1.58. The average Bonchev–Trinajstić information content (AvgIpc) is 2.46. The van der Waals surface area contributed by atoms with Gasteiger partial charge in [0.15, 0.2) is 0 Å². The summed E-state index contributed by atoms with van der Waals surface area (Å²) in [5.74, 6) is -0.190. The normalized spacial score (nSPS) is 27.6. The highest BCUT2D eigenvalue weighted by atomic mass is 16.2. The molecule has 1 heterocycles. The first-order valence-corrected chi connectivity index (χ1v) is 7.33. The molecule has 2 aliphatic rings. The van der Waals surface area contributed by atoms with Crippen molar-refractivity contribution in [3.63, 3.8) is 0 Å². The standard InChI is InChI=1S/C14H23N3O2/c1-2-10-5-7-11(8-6-10)16-17-14(19)12-4-3-9-15-13(12)18/h10,12H,2-9H2,1H3,(H,15,18)(H,17,19). The van der Waals surface area contributed by atoms with Gasteiger partial charge in [-0.15, -0.1) is 0 Å². The molecule has 1 unspecified atom stereocenters. The van der Waals surface area contributed by atoms with E-state index in [0.717, 1.165) is 43.7 Å². The minimum Gasteiger partial charge on any atom is -0.355 e. The highest BCUT2D eigenvalue weighted by Crippen LogP contribution is 2.24. The van der Waals surface area contributed by atoms with E-state index in [1.165, 1.54) is 6.42 Å². The van der Waals surface area contributed by atoms with Crippen LogP contribution < -0.4 is 10.7 Å². The van der Waals surface area contributed by atoms with Gasteiger partial charge in [0.05, 0.1) is 0 Å². The number of rotatable bonds is 3. The summed E-state index contributed by atoms with van der Waals surface area (Å²) in [6, 6.07) is 0. The molecule has 0 aromatic rings. The molecule has 2 N–H and O–H groups in total. The minimum absolute atomic E-state index is 0.168. The summed E-state index contributed by atoms with van der Waals surface area (Å²) in [6.07, 6.45) is 6.97. The Morgan fingerprint density at radius 2 is 2.11 bits per heavy atom. The number of hydrazone groups is 1. The molecule has 1 saturated carbocycles. The van der Waals surface area contributed by atoms with E-state index in [1.807, 2.05) is 0 Å². The number of hydrogen-bond donors (Lipinski definition) is 2. The summed E-state index contributed by atoms with van der Waals surface area (Å²) < 4.78 is 0. The average molecular weight is 265 g/mol. The molecule has 2 rings (SSSR count). The molecule has 0 bridgehead atoms. The Bertz CT molecular complexity index is 369. The van der Waals surface area contributed by atoms with Crippen molar-refractivity contribution in [2.75, 3.05) is 6.54 Å². The summed E-state index contributed by atoms with van der Waals surface area (Å²) in [5.41, 5.74) is 3.64. The molecule has 1 aliphatic carbocycles. The van der Waals surface area contributed by atoms with Crippen LogP contribution in [0.5, 0.6) is 0 Å². The van der Waals surface area contributed by atoms with Crippen LogP contribution in [-0.4, -0.2) is 24.1 Å². The van der Waals surface area contributed by atoms with Crippen LogP contribution in [0.25, 0.3) is 0 Å². The number of carbonyl (C=O) groups is 2. The maximum atomic E-state index is 11.9.